The minimum Gasteiger partial charge on any atom is -0.444 e. The van der Waals surface area contributed by atoms with Crippen LogP contribution in [0.2, 0.25) is 0 Å². The molecule has 2 rings (SSSR count). The summed E-state index contributed by atoms with van der Waals surface area (Å²) in [6.45, 7) is 2.13. The molecular weight excluding hydrogens is 324 g/mol. The van der Waals surface area contributed by atoms with Crippen LogP contribution < -0.4 is 10.6 Å². The summed E-state index contributed by atoms with van der Waals surface area (Å²) in [6.07, 6.45) is 4.56. The lowest BCUT2D eigenvalue weighted by Gasteiger charge is -2.29. The first-order chi connectivity index (χ1) is 9.56. The molecule has 20 heavy (non-hydrogen) atoms. The minimum atomic E-state index is -0.387. The Morgan fingerprint density at radius 3 is 2.75 bits per heavy atom. The van der Waals surface area contributed by atoms with E-state index in [1.807, 2.05) is 0 Å². The van der Waals surface area contributed by atoms with Crippen LogP contribution in [0, 0.1) is 5.92 Å². The van der Waals surface area contributed by atoms with Crippen molar-refractivity contribution in [1.82, 2.24) is 10.6 Å². The lowest BCUT2D eigenvalue weighted by atomic mass is 9.86. The SMILES string of the molecule is C[C@@H]1CCCC[C@@H]1NC(=O)CNC(=O)c1ccc(Br)o1. The second-order valence-electron chi connectivity index (χ2n) is 5.22. The molecule has 0 bridgehead atoms. The number of halogens is 1. The van der Waals surface area contributed by atoms with E-state index in [0.717, 1.165) is 19.3 Å². The van der Waals surface area contributed by atoms with Gasteiger partial charge in [0.2, 0.25) is 5.91 Å². The fraction of sp³-hybridized carbons (Fsp3) is 0.571. The molecule has 2 atom stereocenters. The predicted octanol–water partition coefficient (Wildman–Crippen LogP) is 2.47. The number of amides is 2. The second-order valence-corrected chi connectivity index (χ2v) is 6.00. The molecule has 0 unspecified atom stereocenters. The van der Waals surface area contributed by atoms with Crippen molar-refractivity contribution in [1.29, 1.82) is 0 Å². The van der Waals surface area contributed by atoms with Gasteiger partial charge in [-0.05, 0) is 46.8 Å². The maximum atomic E-state index is 11.8. The summed E-state index contributed by atoms with van der Waals surface area (Å²) in [7, 11) is 0. The number of carbonyl (C=O) groups is 2. The molecule has 0 saturated heterocycles. The summed E-state index contributed by atoms with van der Waals surface area (Å²) in [4.78, 5) is 23.5. The summed E-state index contributed by atoms with van der Waals surface area (Å²) in [5, 5.41) is 5.54. The van der Waals surface area contributed by atoms with Gasteiger partial charge in [0.05, 0.1) is 6.54 Å². The Morgan fingerprint density at radius 2 is 2.10 bits per heavy atom. The Morgan fingerprint density at radius 1 is 1.35 bits per heavy atom. The van der Waals surface area contributed by atoms with E-state index in [9.17, 15) is 9.59 Å². The average Bonchev–Trinajstić information content (AvgIpc) is 2.85. The number of hydrogen-bond donors (Lipinski definition) is 2. The van der Waals surface area contributed by atoms with Gasteiger partial charge in [0.15, 0.2) is 10.4 Å². The third kappa shape index (κ3) is 4.10. The minimum absolute atomic E-state index is 0.0274. The Kier molecular flexibility index (Phi) is 5.23. The van der Waals surface area contributed by atoms with Gasteiger partial charge < -0.3 is 15.1 Å². The van der Waals surface area contributed by atoms with E-state index in [1.165, 1.54) is 6.42 Å². The van der Waals surface area contributed by atoms with Crippen LogP contribution in [0.5, 0.6) is 0 Å². The number of furan rings is 1. The molecule has 110 valence electrons. The third-order valence-corrected chi connectivity index (χ3v) is 4.09. The molecule has 0 aliphatic heterocycles. The van der Waals surface area contributed by atoms with E-state index in [4.69, 9.17) is 4.42 Å². The van der Waals surface area contributed by atoms with Crippen LogP contribution in [0.25, 0.3) is 0 Å². The van der Waals surface area contributed by atoms with E-state index in [1.54, 1.807) is 12.1 Å². The molecule has 5 nitrogen and oxygen atoms in total. The first kappa shape index (κ1) is 15.1. The van der Waals surface area contributed by atoms with Crippen LogP contribution in [0.15, 0.2) is 21.2 Å². The maximum absolute atomic E-state index is 11.8. The molecule has 0 spiro atoms. The zero-order valence-corrected chi connectivity index (χ0v) is 13.0. The third-order valence-electron chi connectivity index (χ3n) is 3.66. The van der Waals surface area contributed by atoms with Gasteiger partial charge in [-0.2, -0.15) is 0 Å². The molecule has 1 fully saturated rings. The Bertz CT molecular complexity index is 487. The van der Waals surface area contributed by atoms with Crippen molar-refractivity contribution in [3.8, 4) is 0 Å². The fourth-order valence-electron chi connectivity index (χ4n) is 2.47. The Hall–Kier alpha value is -1.30. The van der Waals surface area contributed by atoms with E-state index in [-0.39, 0.29) is 30.2 Å². The van der Waals surface area contributed by atoms with E-state index in [2.05, 4.69) is 33.5 Å². The van der Waals surface area contributed by atoms with Gasteiger partial charge >= 0.3 is 0 Å². The molecule has 0 aromatic carbocycles. The van der Waals surface area contributed by atoms with Crippen LogP contribution in [-0.4, -0.2) is 24.4 Å². The standard InChI is InChI=1S/C14H19BrN2O3/c1-9-4-2-3-5-10(9)17-13(18)8-16-14(19)11-6-7-12(15)20-11/h6-7,9-10H,2-5,8H2,1H3,(H,16,19)(H,17,18)/t9-,10+/m1/s1. The lowest BCUT2D eigenvalue weighted by molar-refractivity contribution is -0.121. The molecular formula is C14H19BrN2O3. The van der Waals surface area contributed by atoms with Gasteiger partial charge in [-0.1, -0.05) is 19.8 Å². The summed E-state index contributed by atoms with van der Waals surface area (Å²) in [5.74, 6) is 0.158. The van der Waals surface area contributed by atoms with Crippen LogP contribution in [0.4, 0.5) is 0 Å². The van der Waals surface area contributed by atoms with Gasteiger partial charge in [0.1, 0.15) is 0 Å². The van der Waals surface area contributed by atoms with Gasteiger partial charge in [-0.3, -0.25) is 9.59 Å². The highest BCUT2D eigenvalue weighted by Gasteiger charge is 2.23. The van der Waals surface area contributed by atoms with Crippen molar-refractivity contribution < 1.29 is 14.0 Å². The zero-order valence-electron chi connectivity index (χ0n) is 11.4. The fourth-order valence-corrected chi connectivity index (χ4v) is 2.78. The van der Waals surface area contributed by atoms with E-state index in [0.29, 0.717) is 10.6 Å². The molecule has 2 amide bonds. The largest absolute Gasteiger partial charge is 0.444 e. The second kappa shape index (κ2) is 6.92. The first-order valence-corrected chi connectivity index (χ1v) is 7.68. The molecule has 1 heterocycles. The molecule has 6 heteroatoms. The topological polar surface area (TPSA) is 71.3 Å². The number of nitrogens with one attached hydrogen (secondary N) is 2. The van der Waals surface area contributed by atoms with Gasteiger partial charge in [0, 0.05) is 6.04 Å². The highest BCUT2D eigenvalue weighted by atomic mass is 79.9. The molecule has 1 saturated carbocycles. The highest BCUT2D eigenvalue weighted by Crippen LogP contribution is 2.23. The van der Waals surface area contributed by atoms with Crippen molar-refractivity contribution in [3.63, 3.8) is 0 Å². The average molecular weight is 343 g/mol. The first-order valence-electron chi connectivity index (χ1n) is 6.89. The molecule has 1 aromatic rings. The van der Waals surface area contributed by atoms with Gasteiger partial charge in [-0.15, -0.1) is 0 Å². The van der Waals surface area contributed by atoms with Gasteiger partial charge in [0.25, 0.3) is 5.91 Å². The summed E-state index contributed by atoms with van der Waals surface area (Å²) < 4.78 is 5.61. The van der Waals surface area contributed by atoms with Crippen LogP contribution in [0.3, 0.4) is 0 Å². The molecule has 2 N–H and O–H groups in total. The van der Waals surface area contributed by atoms with Crippen molar-refractivity contribution in [2.75, 3.05) is 6.54 Å². The number of carbonyl (C=O) groups excluding carboxylic acids is 2. The highest BCUT2D eigenvalue weighted by molar-refractivity contribution is 9.10. The normalized spacial score (nSPS) is 22.3. The van der Waals surface area contributed by atoms with E-state index < -0.39 is 0 Å². The molecule has 0 radical (unpaired) electrons. The molecule has 1 aliphatic carbocycles. The lowest BCUT2D eigenvalue weighted by Crippen LogP contribution is -2.45. The summed E-state index contributed by atoms with van der Waals surface area (Å²) in [6, 6.07) is 3.42. The maximum Gasteiger partial charge on any atom is 0.287 e. The monoisotopic (exact) mass is 342 g/mol. The van der Waals surface area contributed by atoms with Crippen LogP contribution in [-0.2, 0) is 4.79 Å². The van der Waals surface area contributed by atoms with Gasteiger partial charge in [-0.25, -0.2) is 0 Å². The number of hydrogen-bond acceptors (Lipinski definition) is 3. The summed E-state index contributed by atoms with van der Waals surface area (Å²) >= 11 is 3.13. The quantitative estimate of drug-likeness (QED) is 0.882. The predicted molar refractivity (Wildman–Crippen MR) is 78.3 cm³/mol. The summed E-state index contributed by atoms with van der Waals surface area (Å²) in [5.41, 5.74) is 0. The van der Waals surface area contributed by atoms with Crippen molar-refractivity contribution >= 4 is 27.7 Å². The number of rotatable bonds is 4. The molecule has 1 aromatic heterocycles. The Labute approximate surface area is 126 Å². The van der Waals surface area contributed by atoms with Crippen molar-refractivity contribution in [3.05, 3.63) is 22.6 Å². The van der Waals surface area contributed by atoms with Crippen LogP contribution >= 0.6 is 15.9 Å². The van der Waals surface area contributed by atoms with Crippen LogP contribution in [0.1, 0.15) is 43.2 Å². The van der Waals surface area contributed by atoms with Crippen molar-refractivity contribution in [2.45, 2.75) is 38.6 Å². The Balaban J connectivity index is 1.76. The molecule has 1 aliphatic rings. The zero-order chi connectivity index (χ0) is 14.5. The smallest absolute Gasteiger partial charge is 0.287 e. The van der Waals surface area contributed by atoms with Crippen molar-refractivity contribution in [2.24, 2.45) is 5.92 Å². The van der Waals surface area contributed by atoms with E-state index >= 15 is 0 Å².